The number of fused-ring (bicyclic) bond motifs is 1. The average molecular weight is 430 g/mol. The Labute approximate surface area is 179 Å². The van der Waals surface area contributed by atoms with Crippen molar-refractivity contribution < 1.29 is 23.3 Å². The molecule has 0 bridgehead atoms. The number of anilines is 1. The van der Waals surface area contributed by atoms with Gasteiger partial charge in [-0.25, -0.2) is 4.39 Å². The van der Waals surface area contributed by atoms with E-state index >= 15 is 0 Å². The van der Waals surface area contributed by atoms with Gasteiger partial charge in [-0.15, -0.1) is 0 Å². The van der Waals surface area contributed by atoms with Crippen LogP contribution in [0.25, 0.3) is 0 Å². The number of methoxy groups -OCH3 is 1. The summed E-state index contributed by atoms with van der Waals surface area (Å²) in [5.74, 6) is 2.29. The van der Waals surface area contributed by atoms with E-state index in [0.717, 1.165) is 22.7 Å². The van der Waals surface area contributed by atoms with E-state index < -0.39 is 0 Å². The van der Waals surface area contributed by atoms with Crippen molar-refractivity contribution in [2.24, 2.45) is 0 Å². The number of ether oxygens (including phenoxy) is 4. The zero-order valence-electron chi connectivity index (χ0n) is 16.4. The van der Waals surface area contributed by atoms with Crippen LogP contribution in [0.2, 0.25) is 5.02 Å². The van der Waals surface area contributed by atoms with Gasteiger partial charge in [0, 0.05) is 29.4 Å². The Balaban J connectivity index is 1.50. The fraction of sp³-hybridized carbons (Fsp3) is 0.217. The smallest absolute Gasteiger partial charge is 0.166 e. The predicted molar refractivity (Wildman–Crippen MR) is 113 cm³/mol. The first-order valence-electron chi connectivity index (χ1n) is 9.50. The summed E-state index contributed by atoms with van der Waals surface area (Å²) < 4.78 is 36.0. The molecule has 3 aromatic rings. The highest BCUT2D eigenvalue weighted by molar-refractivity contribution is 6.31. The highest BCUT2D eigenvalue weighted by Gasteiger charge is 2.14. The van der Waals surface area contributed by atoms with Crippen LogP contribution in [0.1, 0.15) is 11.1 Å². The number of hydrogen-bond acceptors (Lipinski definition) is 5. The quantitative estimate of drug-likeness (QED) is 0.541. The molecule has 0 fully saturated rings. The molecule has 7 heteroatoms. The highest BCUT2D eigenvalue weighted by atomic mass is 35.5. The van der Waals surface area contributed by atoms with E-state index in [1.807, 2.05) is 36.4 Å². The zero-order valence-corrected chi connectivity index (χ0v) is 17.2. The molecule has 4 rings (SSSR count). The minimum Gasteiger partial charge on any atom is -0.493 e. The Hall–Kier alpha value is -3.12. The number of hydrogen-bond donors (Lipinski definition) is 1. The van der Waals surface area contributed by atoms with Gasteiger partial charge in [-0.2, -0.15) is 0 Å². The van der Waals surface area contributed by atoms with E-state index in [9.17, 15) is 4.39 Å². The van der Waals surface area contributed by atoms with E-state index in [4.69, 9.17) is 30.5 Å². The summed E-state index contributed by atoms with van der Waals surface area (Å²) in [6, 6.07) is 15.7. The van der Waals surface area contributed by atoms with Gasteiger partial charge in [0.25, 0.3) is 0 Å². The highest BCUT2D eigenvalue weighted by Crippen LogP contribution is 2.35. The van der Waals surface area contributed by atoms with Crippen molar-refractivity contribution in [2.45, 2.75) is 13.2 Å². The van der Waals surface area contributed by atoms with Gasteiger partial charge in [0.05, 0.1) is 12.1 Å². The van der Waals surface area contributed by atoms with Crippen LogP contribution in [0.5, 0.6) is 23.0 Å². The molecule has 1 aliphatic heterocycles. The second kappa shape index (κ2) is 9.13. The van der Waals surface area contributed by atoms with Gasteiger partial charge >= 0.3 is 0 Å². The molecule has 1 aliphatic rings. The van der Waals surface area contributed by atoms with Gasteiger partial charge in [-0.3, -0.25) is 0 Å². The SMILES string of the molecule is COc1cccc(CNc2ccc3c(c2)OCCO3)c1OCc1ccc(F)cc1Cl. The Bertz CT molecular complexity index is 1040. The summed E-state index contributed by atoms with van der Waals surface area (Å²) in [4.78, 5) is 0. The van der Waals surface area contributed by atoms with Gasteiger partial charge < -0.3 is 24.3 Å². The van der Waals surface area contributed by atoms with Crippen LogP contribution < -0.4 is 24.3 Å². The molecule has 5 nitrogen and oxygen atoms in total. The minimum absolute atomic E-state index is 0.191. The van der Waals surface area contributed by atoms with Crippen LogP contribution in [-0.4, -0.2) is 20.3 Å². The first-order valence-corrected chi connectivity index (χ1v) is 9.88. The van der Waals surface area contributed by atoms with Gasteiger partial charge in [0.2, 0.25) is 0 Å². The normalized spacial score (nSPS) is 12.4. The molecular weight excluding hydrogens is 409 g/mol. The van der Waals surface area contributed by atoms with Crippen LogP contribution in [-0.2, 0) is 13.2 Å². The average Bonchev–Trinajstić information content (AvgIpc) is 2.77. The number of nitrogens with one attached hydrogen (secondary N) is 1. The monoisotopic (exact) mass is 429 g/mol. The van der Waals surface area contributed by atoms with Crippen molar-refractivity contribution in [3.63, 3.8) is 0 Å². The standard InChI is InChI=1S/C23H21ClFNO4/c1-27-21-4-2-3-15(23(21)30-14-16-5-6-17(25)11-19(16)24)13-26-18-7-8-20-22(12-18)29-10-9-28-20/h2-8,11-12,26H,9-10,13-14H2,1H3. The Morgan fingerprint density at radius 2 is 1.83 bits per heavy atom. The van der Waals surface area contributed by atoms with Crippen molar-refractivity contribution in [1.82, 2.24) is 0 Å². The molecule has 0 aliphatic carbocycles. The van der Waals surface area contributed by atoms with Crippen LogP contribution >= 0.6 is 11.6 Å². The molecule has 1 N–H and O–H groups in total. The maximum Gasteiger partial charge on any atom is 0.166 e. The second-order valence-corrected chi connectivity index (χ2v) is 7.09. The Kier molecular flexibility index (Phi) is 6.14. The molecule has 156 valence electrons. The molecule has 3 aromatic carbocycles. The number of para-hydroxylation sites is 1. The Morgan fingerprint density at radius 1 is 1.00 bits per heavy atom. The molecule has 0 spiro atoms. The predicted octanol–water partition coefficient (Wildman–Crippen LogP) is 5.45. The van der Waals surface area contributed by atoms with Crippen molar-refractivity contribution >= 4 is 17.3 Å². The summed E-state index contributed by atoms with van der Waals surface area (Å²) in [7, 11) is 1.59. The summed E-state index contributed by atoms with van der Waals surface area (Å²) in [5, 5.41) is 3.69. The van der Waals surface area contributed by atoms with Crippen LogP contribution in [0.4, 0.5) is 10.1 Å². The third kappa shape index (κ3) is 4.54. The van der Waals surface area contributed by atoms with Crippen LogP contribution in [0, 0.1) is 5.82 Å². The van der Waals surface area contributed by atoms with E-state index in [1.54, 1.807) is 13.2 Å². The molecule has 0 aromatic heterocycles. The molecule has 0 saturated heterocycles. The van der Waals surface area contributed by atoms with E-state index in [1.165, 1.54) is 12.1 Å². The molecule has 0 amide bonds. The first-order chi connectivity index (χ1) is 14.6. The lowest BCUT2D eigenvalue weighted by molar-refractivity contribution is 0.171. The third-order valence-corrected chi connectivity index (χ3v) is 5.04. The fourth-order valence-corrected chi connectivity index (χ4v) is 3.39. The molecular formula is C23H21ClFNO4. The second-order valence-electron chi connectivity index (χ2n) is 6.68. The number of rotatable bonds is 7. The van der Waals surface area contributed by atoms with Crippen molar-refractivity contribution in [3.05, 3.63) is 76.6 Å². The maximum atomic E-state index is 13.3. The summed E-state index contributed by atoms with van der Waals surface area (Å²) in [6.45, 7) is 1.79. The van der Waals surface area contributed by atoms with Crippen molar-refractivity contribution in [1.29, 1.82) is 0 Å². The lowest BCUT2D eigenvalue weighted by Crippen LogP contribution is -2.15. The topological polar surface area (TPSA) is 49.0 Å². The van der Waals surface area contributed by atoms with E-state index in [2.05, 4.69) is 5.32 Å². The molecule has 0 saturated carbocycles. The molecule has 30 heavy (non-hydrogen) atoms. The van der Waals surface area contributed by atoms with Crippen LogP contribution in [0.15, 0.2) is 54.6 Å². The number of benzene rings is 3. The van der Waals surface area contributed by atoms with Gasteiger partial charge in [0.15, 0.2) is 23.0 Å². The first kappa shape index (κ1) is 20.2. The summed E-state index contributed by atoms with van der Waals surface area (Å²) in [5.41, 5.74) is 2.49. The van der Waals surface area contributed by atoms with Gasteiger partial charge in [-0.1, -0.05) is 29.8 Å². The van der Waals surface area contributed by atoms with Crippen molar-refractivity contribution in [3.8, 4) is 23.0 Å². The molecule has 1 heterocycles. The zero-order chi connectivity index (χ0) is 20.9. The van der Waals surface area contributed by atoms with E-state index in [0.29, 0.717) is 41.8 Å². The Morgan fingerprint density at radius 3 is 2.63 bits per heavy atom. The van der Waals surface area contributed by atoms with E-state index in [-0.39, 0.29) is 12.4 Å². The lowest BCUT2D eigenvalue weighted by Gasteiger charge is -2.20. The fourth-order valence-electron chi connectivity index (χ4n) is 3.16. The molecule has 0 atom stereocenters. The lowest BCUT2D eigenvalue weighted by atomic mass is 10.1. The maximum absolute atomic E-state index is 13.3. The van der Waals surface area contributed by atoms with Crippen molar-refractivity contribution in [2.75, 3.05) is 25.6 Å². The summed E-state index contributed by atoms with van der Waals surface area (Å²) >= 11 is 6.12. The molecule has 0 radical (unpaired) electrons. The van der Waals surface area contributed by atoms with Gasteiger partial charge in [0.1, 0.15) is 25.6 Å². The number of halogens is 2. The minimum atomic E-state index is -0.384. The third-order valence-electron chi connectivity index (χ3n) is 4.69. The summed E-state index contributed by atoms with van der Waals surface area (Å²) in [6.07, 6.45) is 0. The largest absolute Gasteiger partial charge is 0.493 e. The molecule has 0 unspecified atom stereocenters. The van der Waals surface area contributed by atoms with Crippen LogP contribution in [0.3, 0.4) is 0 Å². The van der Waals surface area contributed by atoms with Gasteiger partial charge in [-0.05, 0) is 30.3 Å².